The summed E-state index contributed by atoms with van der Waals surface area (Å²) in [5.41, 5.74) is 1.99. The predicted octanol–water partition coefficient (Wildman–Crippen LogP) is 2.77. The fourth-order valence-corrected chi connectivity index (χ4v) is 2.71. The van der Waals surface area contributed by atoms with Crippen LogP contribution < -0.4 is 5.32 Å². The predicted molar refractivity (Wildman–Crippen MR) is 70.8 cm³/mol. The van der Waals surface area contributed by atoms with Crippen molar-refractivity contribution in [3.05, 3.63) is 29.0 Å². The van der Waals surface area contributed by atoms with E-state index in [9.17, 15) is 0 Å². The molecule has 1 unspecified atom stereocenters. The SMILES string of the molecule is CC1CNc2c(Br)c(-c3cccnc3)nn2C1. The molecule has 4 nitrogen and oxygen atoms in total. The van der Waals surface area contributed by atoms with Crippen molar-refractivity contribution < 1.29 is 0 Å². The summed E-state index contributed by atoms with van der Waals surface area (Å²) in [7, 11) is 0. The maximum atomic E-state index is 4.64. The van der Waals surface area contributed by atoms with Gasteiger partial charge >= 0.3 is 0 Å². The number of rotatable bonds is 1. The second kappa shape index (κ2) is 4.14. The number of pyridine rings is 1. The Balaban J connectivity index is 2.08. The highest BCUT2D eigenvalue weighted by Crippen LogP contribution is 2.35. The van der Waals surface area contributed by atoms with Crippen LogP contribution in [0.25, 0.3) is 11.3 Å². The number of halogens is 1. The summed E-state index contributed by atoms with van der Waals surface area (Å²) in [4.78, 5) is 4.13. The normalized spacial score (nSPS) is 18.6. The van der Waals surface area contributed by atoms with Crippen LogP contribution in [0.5, 0.6) is 0 Å². The van der Waals surface area contributed by atoms with Gasteiger partial charge in [-0.25, -0.2) is 4.68 Å². The molecule has 0 fully saturated rings. The van der Waals surface area contributed by atoms with Gasteiger partial charge in [-0.15, -0.1) is 0 Å². The Labute approximate surface area is 108 Å². The number of anilines is 1. The molecular formula is C12H13BrN4. The van der Waals surface area contributed by atoms with E-state index in [1.54, 1.807) is 6.20 Å². The topological polar surface area (TPSA) is 42.7 Å². The second-order valence-corrected chi connectivity index (χ2v) is 5.21. The molecule has 88 valence electrons. The zero-order valence-corrected chi connectivity index (χ0v) is 11.1. The Bertz CT molecular complexity index is 535. The maximum Gasteiger partial charge on any atom is 0.139 e. The van der Waals surface area contributed by atoms with Crippen molar-refractivity contribution in [2.24, 2.45) is 5.92 Å². The lowest BCUT2D eigenvalue weighted by Crippen LogP contribution is -2.25. The average molecular weight is 293 g/mol. The van der Waals surface area contributed by atoms with E-state index in [0.29, 0.717) is 5.92 Å². The second-order valence-electron chi connectivity index (χ2n) is 4.42. The van der Waals surface area contributed by atoms with Gasteiger partial charge in [0.25, 0.3) is 0 Å². The summed E-state index contributed by atoms with van der Waals surface area (Å²) < 4.78 is 3.05. The van der Waals surface area contributed by atoms with E-state index in [1.165, 1.54) is 0 Å². The van der Waals surface area contributed by atoms with Crippen LogP contribution in [0, 0.1) is 5.92 Å². The van der Waals surface area contributed by atoms with Crippen molar-refractivity contribution in [1.29, 1.82) is 0 Å². The molecule has 1 aliphatic rings. The van der Waals surface area contributed by atoms with Gasteiger partial charge in [0.05, 0.1) is 4.47 Å². The van der Waals surface area contributed by atoms with Gasteiger partial charge in [-0.1, -0.05) is 6.92 Å². The molecule has 0 amide bonds. The molecule has 3 rings (SSSR count). The Hall–Kier alpha value is -1.36. The summed E-state index contributed by atoms with van der Waals surface area (Å²) in [6, 6.07) is 3.95. The third kappa shape index (κ3) is 1.84. The van der Waals surface area contributed by atoms with Crippen LogP contribution in [0.15, 0.2) is 29.0 Å². The van der Waals surface area contributed by atoms with Crippen LogP contribution in [0.1, 0.15) is 6.92 Å². The van der Waals surface area contributed by atoms with Crippen LogP contribution >= 0.6 is 15.9 Å². The monoisotopic (exact) mass is 292 g/mol. The third-order valence-corrected chi connectivity index (χ3v) is 3.68. The standard InChI is InChI=1S/C12H13BrN4/c1-8-5-15-12-10(13)11(16-17(12)7-8)9-3-2-4-14-6-9/h2-4,6,8,15H,5,7H2,1H3. The Morgan fingerprint density at radius 3 is 3.18 bits per heavy atom. The lowest BCUT2D eigenvalue weighted by molar-refractivity contribution is 0.445. The number of nitrogens with zero attached hydrogens (tertiary/aromatic N) is 3. The summed E-state index contributed by atoms with van der Waals surface area (Å²) in [5, 5.41) is 8.04. The molecule has 17 heavy (non-hydrogen) atoms. The average Bonchev–Trinajstić information content (AvgIpc) is 2.67. The molecule has 0 spiro atoms. The third-order valence-electron chi connectivity index (χ3n) is 2.93. The Morgan fingerprint density at radius 2 is 2.41 bits per heavy atom. The van der Waals surface area contributed by atoms with Crippen molar-refractivity contribution in [3.8, 4) is 11.3 Å². The first-order valence-electron chi connectivity index (χ1n) is 5.66. The van der Waals surface area contributed by atoms with Crippen molar-refractivity contribution >= 4 is 21.7 Å². The highest BCUT2D eigenvalue weighted by Gasteiger charge is 2.22. The summed E-state index contributed by atoms with van der Waals surface area (Å²) in [5.74, 6) is 1.68. The van der Waals surface area contributed by atoms with E-state index >= 15 is 0 Å². The van der Waals surface area contributed by atoms with Crippen LogP contribution in [-0.4, -0.2) is 21.3 Å². The van der Waals surface area contributed by atoms with Crippen molar-refractivity contribution in [3.63, 3.8) is 0 Å². The van der Waals surface area contributed by atoms with Crippen LogP contribution in [-0.2, 0) is 6.54 Å². The molecule has 1 aliphatic heterocycles. The first-order chi connectivity index (χ1) is 8.25. The van der Waals surface area contributed by atoms with Crippen molar-refractivity contribution in [2.75, 3.05) is 11.9 Å². The van der Waals surface area contributed by atoms with E-state index in [4.69, 9.17) is 0 Å². The van der Waals surface area contributed by atoms with E-state index in [1.807, 2.05) is 23.0 Å². The minimum absolute atomic E-state index is 0.607. The van der Waals surface area contributed by atoms with E-state index < -0.39 is 0 Å². The zero-order valence-electron chi connectivity index (χ0n) is 9.52. The van der Waals surface area contributed by atoms with E-state index in [0.717, 1.165) is 34.6 Å². The summed E-state index contributed by atoms with van der Waals surface area (Å²) >= 11 is 3.62. The van der Waals surface area contributed by atoms with Gasteiger partial charge in [-0.2, -0.15) is 5.10 Å². The van der Waals surface area contributed by atoms with Gasteiger partial charge in [0.15, 0.2) is 0 Å². The molecule has 0 bridgehead atoms. The van der Waals surface area contributed by atoms with Gasteiger partial charge in [-0.3, -0.25) is 4.98 Å². The number of aromatic nitrogens is 3. The quantitative estimate of drug-likeness (QED) is 0.879. The fraction of sp³-hybridized carbons (Fsp3) is 0.333. The van der Waals surface area contributed by atoms with Gasteiger partial charge in [0.2, 0.25) is 0 Å². The lowest BCUT2D eigenvalue weighted by Gasteiger charge is -2.21. The maximum absolute atomic E-state index is 4.64. The summed E-state index contributed by atoms with van der Waals surface area (Å²) in [6.07, 6.45) is 3.61. The van der Waals surface area contributed by atoms with Crippen molar-refractivity contribution in [1.82, 2.24) is 14.8 Å². The van der Waals surface area contributed by atoms with Gasteiger partial charge in [0, 0.05) is 31.0 Å². The largest absolute Gasteiger partial charge is 0.369 e. The number of fused-ring (bicyclic) bond motifs is 1. The first kappa shape index (κ1) is 10.8. The molecule has 1 N–H and O–H groups in total. The highest BCUT2D eigenvalue weighted by molar-refractivity contribution is 9.10. The first-order valence-corrected chi connectivity index (χ1v) is 6.45. The fourth-order valence-electron chi connectivity index (χ4n) is 2.06. The molecule has 0 aliphatic carbocycles. The van der Waals surface area contributed by atoms with Crippen LogP contribution in [0.3, 0.4) is 0 Å². The molecule has 3 heterocycles. The minimum atomic E-state index is 0.607. The highest BCUT2D eigenvalue weighted by atomic mass is 79.9. The van der Waals surface area contributed by atoms with E-state index in [2.05, 4.69) is 38.3 Å². The van der Waals surface area contributed by atoms with E-state index in [-0.39, 0.29) is 0 Å². The number of hydrogen-bond acceptors (Lipinski definition) is 3. The lowest BCUT2D eigenvalue weighted by atomic mass is 10.1. The van der Waals surface area contributed by atoms with Gasteiger partial charge < -0.3 is 5.32 Å². The molecule has 5 heteroatoms. The minimum Gasteiger partial charge on any atom is -0.369 e. The zero-order chi connectivity index (χ0) is 11.8. The Morgan fingerprint density at radius 1 is 1.53 bits per heavy atom. The number of hydrogen-bond donors (Lipinski definition) is 1. The molecule has 0 radical (unpaired) electrons. The van der Waals surface area contributed by atoms with Crippen LogP contribution in [0.2, 0.25) is 0 Å². The molecule has 0 saturated heterocycles. The molecule has 2 aromatic heterocycles. The van der Waals surface area contributed by atoms with Gasteiger partial charge in [0.1, 0.15) is 11.5 Å². The molecule has 2 aromatic rings. The van der Waals surface area contributed by atoms with Crippen LogP contribution in [0.4, 0.5) is 5.82 Å². The molecular weight excluding hydrogens is 280 g/mol. The number of nitrogens with one attached hydrogen (secondary N) is 1. The molecule has 0 aromatic carbocycles. The smallest absolute Gasteiger partial charge is 0.139 e. The van der Waals surface area contributed by atoms with Gasteiger partial charge in [-0.05, 0) is 34.0 Å². The Kier molecular flexibility index (Phi) is 2.63. The molecule has 0 saturated carbocycles. The molecule has 1 atom stereocenters. The summed E-state index contributed by atoms with van der Waals surface area (Å²) in [6.45, 7) is 4.17. The van der Waals surface area contributed by atoms with Crippen molar-refractivity contribution in [2.45, 2.75) is 13.5 Å².